The number of hydrogen-bond donors (Lipinski definition) is 0. The third kappa shape index (κ3) is 6.74. The molecule has 0 spiro atoms. The van der Waals surface area contributed by atoms with Gasteiger partial charge >= 0.3 is 0 Å². The minimum Gasteiger partial charge on any atom is -0.431 e. The molecule has 3 rings (SSSR count). The summed E-state index contributed by atoms with van der Waals surface area (Å²) < 4.78 is 4.39. The molecule has 0 heterocycles. The first-order valence-electron chi connectivity index (χ1n) is 7.93. The van der Waals surface area contributed by atoms with Crippen molar-refractivity contribution in [2.24, 2.45) is 11.8 Å². The zero-order valence-electron chi connectivity index (χ0n) is 12.5. The van der Waals surface area contributed by atoms with Gasteiger partial charge in [-0.3, -0.25) is 0 Å². The number of rotatable bonds is 1. The first-order chi connectivity index (χ1) is 8.88. The Labute approximate surface area is 117 Å². The van der Waals surface area contributed by atoms with Crippen molar-refractivity contribution >= 4 is 10.5 Å². The van der Waals surface area contributed by atoms with Gasteiger partial charge in [0, 0.05) is 7.11 Å². The van der Waals surface area contributed by atoms with Crippen molar-refractivity contribution in [3.05, 3.63) is 12.2 Å². The average Bonchev–Trinajstić information content (AvgIpc) is 3.16. The van der Waals surface area contributed by atoms with Crippen LogP contribution in [0.2, 0.25) is 0 Å². The lowest BCUT2D eigenvalue weighted by Gasteiger charge is -2.16. The monoisotopic (exact) mass is 268 g/mol. The fraction of sp³-hybridized carbons (Fsp3) is 0.875. The number of allylic oxidation sites excluding steroid dienone is 2. The van der Waals surface area contributed by atoms with Crippen molar-refractivity contribution in [1.82, 2.24) is 0 Å². The van der Waals surface area contributed by atoms with Gasteiger partial charge in [0.05, 0.1) is 0 Å². The van der Waals surface area contributed by atoms with Gasteiger partial charge in [0.15, 0.2) is 0 Å². The standard InChI is InChI=1S/C10H18.C5H8.CH6OSi/c1-2-6-9(5-1)10-7-3-4-8-10;1-2-4-5-3-1;1-2-3/h9-10H,1-8H2;1-2H,3-5H2;1,3H3. The van der Waals surface area contributed by atoms with Crippen molar-refractivity contribution in [2.75, 3.05) is 7.11 Å². The van der Waals surface area contributed by atoms with E-state index in [9.17, 15) is 0 Å². The van der Waals surface area contributed by atoms with E-state index in [-0.39, 0.29) is 0 Å². The molecule has 0 amide bonds. The quantitative estimate of drug-likeness (QED) is 0.516. The van der Waals surface area contributed by atoms with Gasteiger partial charge in [-0.2, -0.15) is 0 Å². The third-order valence-corrected chi connectivity index (χ3v) is 4.37. The van der Waals surface area contributed by atoms with Gasteiger partial charge in [-0.25, -0.2) is 0 Å². The van der Waals surface area contributed by atoms with Crippen molar-refractivity contribution < 1.29 is 4.43 Å². The summed E-state index contributed by atoms with van der Waals surface area (Å²) in [6, 6.07) is 0. The van der Waals surface area contributed by atoms with E-state index in [4.69, 9.17) is 0 Å². The van der Waals surface area contributed by atoms with E-state index in [1.54, 1.807) is 32.8 Å². The number of hydrogen-bond acceptors (Lipinski definition) is 1. The fourth-order valence-electron chi connectivity index (χ4n) is 3.45. The summed E-state index contributed by atoms with van der Waals surface area (Å²) in [5, 5.41) is 0. The summed E-state index contributed by atoms with van der Waals surface area (Å²) in [5.74, 6) is 2.31. The van der Waals surface area contributed by atoms with E-state index >= 15 is 0 Å². The van der Waals surface area contributed by atoms with Gasteiger partial charge in [-0.1, -0.05) is 63.5 Å². The molecule has 1 nitrogen and oxygen atoms in total. The highest BCUT2D eigenvalue weighted by atomic mass is 28.2. The molecule has 0 radical (unpaired) electrons. The maximum atomic E-state index is 4.39. The predicted octanol–water partition coefficient (Wildman–Crippen LogP) is 4.01. The minimum absolute atomic E-state index is 0.869. The molecule has 0 N–H and O–H groups in total. The third-order valence-electron chi connectivity index (χ3n) is 4.37. The van der Waals surface area contributed by atoms with Crippen LogP contribution in [0.4, 0.5) is 0 Å². The lowest BCUT2D eigenvalue weighted by atomic mass is 9.90. The van der Waals surface area contributed by atoms with Gasteiger partial charge in [-0.05, 0) is 31.1 Å². The van der Waals surface area contributed by atoms with Crippen LogP contribution in [0.15, 0.2) is 12.2 Å². The van der Waals surface area contributed by atoms with E-state index in [1.165, 1.54) is 44.9 Å². The van der Waals surface area contributed by atoms with Crippen LogP contribution in [0.3, 0.4) is 0 Å². The maximum Gasteiger partial charge on any atom is 0.145 e. The Morgan fingerprint density at radius 1 is 0.778 bits per heavy atom. The Morgan fingerprint density at radius 2 is 1.11 bits per heavy atom. The highest BCUT2D eigenvalue weighted by molar-refractivity contribution is 5.97. The summed E-state index contributed by atoms with van der Waals surface area (Å²) in [6.45, 7) is 0. The summed E-state index contributed by atoms with van der Waals surface area (Å²) in [5.41, 5.74) is 0. The molecule has 2 saturated carbocycles. The second-order valence-corrected chi connectivity index (χ2v) is 6.72. The Balaban J connectivity index is 0.000000170. The van der Waals surface area contributed by atoms with Crippen LogP contribution < -0.4 is 0 Å². The highest BCUT2D eigenvalue weighted by Crippen LogP contribution is 2.39. The first kappa shape index (κ1) is 16.0. The van der Waals surface area contributed by atoms with E-state index < -0.39 is 0 Å². The second-order valence-electron chi connectivity index (χ2n) is 5.90. The molecule has 0 aromatic rings. The Bertz CT molecular complexity index is 183. The summed E-state index contributed by atoms with van der Waals surface area (Å²) >= 11 is 0. The molecule has 0 unspecified atom stereocenters. The largest absolute Gasteiger partial charge is 0.431 e. The van der Waals surface area contributed by atoms with Crippen molar-refractivity contribution in [1.29, 1.82) is 0 Å². The lowest BCUT2D eigenvalue weighted by molar-refractivity contribution is 0.347. The second kappa shape index (κ2) is 10.8. The molecule has 0 aliphatic heterocycles. The molecule has 106 valence electrons. The predicted molar refractivity (Wildman–Crippen MR) is 83.9 cm³/mol. The van der Waals surface area contributed by atoms with Gasteiger partial charge in [0.1, 0.15) is 10.5 Å². The van der Waals surface area contributed by atoms with E-state index in [2.05, 4.69) is 16.6 Å². The van der Waals surface area contributed by atoms with Crippen molar-refractivity contribution in [3.63, 3.8) is 0 Å². The average molecular weight is 269 g/mol. The molecular weight excluding hydrogens is 236 g/mol. The van der Waals surface area contributed by atoms with Crippen LogP contribution in [-0.4, -0.2) is 17.6 Å². The molecule has 0 aromatic carbocycles. The topological polar surface area (TPSA) is 9.23 Å². The molecule has 2 fully saturated rings. The minimum atomic E-state index is 0.869. The van der Waals surface area contributed by atoms with Crippen LogP contribution in [0, 0.1) is 11.8 Å². The fourth-order valence-corrected chi connectivity index (χ4v) is 3.45. The van der Waals surface area contributed by atoms with Gasteiger partial charge in [-0.15, -0.1) is 0 Å². The van der Waals surface area contributed by atoms with Crippen molar-refractivity contribution in [3.8, 4) is 0 Å². The summed E-state index contributed by atoms with van der Waals surface area (Å²) in [7, 11) is 2.56. The molecule has 3 aliphatic rings. The zero-order chi connectivity index (χ0) is 13.1. The van der Waals surface area contributed by atoms with E-state index in [0.29, 0.717) is 0 Å². The van der Waals surface area contributed by atoms with Crippen LogP contribution in [0.25, 0.3) is 0 Å². The molecule has 2 heteroatoms. The van der Waals surface area contributed by atoms with E-state index in [0.717, 1.165) is 22.3 Å². The van der Waals surface area contributed by atoms with Crippen LogP contribution in [-0.2, 0) is 4.43 Å². The van der Waals surface area contributed by atoms with Crippen LogP contribution in [0.1, 0.15) is 70.6 Å². The maximum absolute atomic E-state index is 4.39. The Kier molecular flexibility index (Phi) is 9.59. The Hall–Kier alpha value is -0.0831. The molecule has 3 aliphatic carbocycles. The molecule has 0 saturated heterocycles. The van der Waals surface area contributed by atoms with Gasteiger partial charge in [0.25, 0.3) is 0 Å². The van der Waals surface area contributed by atoms with Gasteiger partial charge in [0.2, 0.25) is 0 Å². The van der Waals surface area contributed by atoms with Crippen LogP contribution >= 0.6 is 0 Å². The lowest BCUT2D eigenvalue weighted by Crippen LogP contribution is -2.06. The van der Waals surface area contributed by atoms with Crippen LogP contribution in [0.5, 0.6) is 0 Å². The smallest absolute Gasteiger partial charge is 0.145 e. The highest BCUT2D eigenvalue weighted by Gasteiger charge is 2.26. The normalized spacial score (nSPS) is 23.6. The summed E-state index contributed by atoms with van der Waals surface area (Å²) in [4.78, 5) is 0. The molecule has 0 bridgehead atoms. The Morgan fingerprint density at radius 3 is 1.33 bits per heavy atom. The zero-order valence-corrected chi connectivity index (χ0v) is 14.5. The van der Waals surface area contributed by atoms with Crippen molar-refractivity contribution in [2.45, 2.75) is 70.6 Å². The molecule has 0 atom stereocenters. The van der Waals surface area contributed by atoms with E-state index in [1.807, 2.05) is 0 Å². The molecular formula is C16H32OSi. The van der Waals surface area contributed by atoms with Gasteiger partial charge < -0.3 is 4.43 Å². The molecule has 0 aromatic heterocycles. The molecule has 18 heavy (non-hydrogen) atoms. The SMILES string of the molecule is C1=CCCC1.C1CCC(C2CCCC2)C1.CO[SiH3]. The first-order valence-corrected chi connectivity index (χ1v) is 8.75. The summed E-state index contributed by atoms with van der Waals surface area (Å²) in [6.07, 6.45) is 20.9.